The van der Waals surface area contributed by atoms with Crippen molar-refractivity contribution in [1.29, 1.82) is 0 Å². The Kier molecular flexibility index (Phi) is 11.0. The molecule has 48 heavy (non-hydrogen) atoms. The van der Waals surface area contributed by atoms with Crippen molar-refractivity contribution in [2.24, 2.45) is 23.7 Å². The predicted molar refractivity (Wildman–Crippen MR) is 181 cm³/mol. The number of aliphatic hydroxyl groups excluding tert-OH is 1. The Hall–Kier alpha value is -4.35. The summed E-state index contributed by atoms with van der Waals surface area (Å²) < 4.78 is 23.4. The van der Waals surface area contributed by atoms with Crippen molar-refractivity contribution in [2.75, 3.05) is 12.4 Å². The molecule has 3 aliphatic heterocycles. The summed E-state index contributed by atoms with van der Waals surface area (Å²) in [7, 11) is 1.50. The van der Waals surface area contributed by atoms with Crippen LogP contribution < -0.4 is 10.1 Å². The maximum atomic E-state index is 13.9. The van der Waals surface area contributed by atoms with Crippen LogP contribution in [0.5, 0.6) is 17.2 Å². The third-order valence-corrected chi connectivity index (χ3v) is 9.49. The Morgan fingerprint density at radius 1 is 1.04 bits per heavy atom. The second-order valence-electron chi connectivity index (χ2n) is 13.2. The Morgan fingerprint density at radius 2 is 1.73 bits per heavy atom. The molecule has 1 amide bonds. The third-order valence-electron chi connectivity index (χ3n) is 9.49. The lowest BCUT2D eigenvalue weighted by Crippen LogP contribution is -2.44. The molecular formula is C37H47NO10. The highest BCUT2D eigenvalue weighted by Crippen LogP contribution is 2.50. The summed E-state index contributed by atoms with van der Waals surface area (Å²) >= 11 is 0. The van der Waals surface area contributed by atoms with Crippen LogP contribution in [-0.4, -0.2) is 64.2 Å². The van der Waals surface area contributed by atoms with Crippen molar-refractivity contribution in [3.05, 3.63) is 59.4 Å². The fourth-order valence-corrected chi connectivity index (χ4v) is 6.63. The lowest BCUT2D eigenvalue weighted by molar-refractivity contribution is -0.159. The summed E-state index contributed by atoms with van der Waals surface area (Å²) in [5.41, 5.74) is 0.728. The molecule has 3 heterocycles. The van der Waals surface area contributed by atoms with Gasteiger partial charge in [0.05, 0.1) is 35.1 Å². The van der Waals surface area contributed by atoms with Crippen molar-refractivity contribution < 1.29 is 48.7 Å². The number of esters is 1. The molecule has 0 unspecified atom stereocenters. The van der Waals surface area contributed by atoms with Crippen LogP contribution in [0, 0.1) is 30.6 Å². The predicted octanol–water partition coefficient (Wildman–Crippen LogP) is 6.08. The third kappa shape index (κ3) is 7.07. The highest BCUT2D eigenvalue weighted by molar-refractivity contribution is 6.19. The number of Topliss-reactive ketones (excluding diaryl/α,β-unsaturated/α-hetero) is 1. The summed E-state index contributed by atoms with van der Waals surface area (Å²) in [5, 5.41) is 36.7. The number of anilines is 1. The molecule has 5 rings (SSSR count). The van der Waals surface area contributed by atoms with Gasteiger partial charge >= 0.3 is 11.8 Å². The lowest BCUT2D eigenvalue weighted by Gasteiger charge is -2.36. The number of ketones is 1. The van der Waals surface area contributed by atoms with Crippen LogP contribution in [0.15, 0.2) is 48.3 Å². The number of allylic oxidation sites excluding steroid dienone is 3. The molecule has 3 aliphatic rings. The number of amides is 1. The molecule has 11 nitrogen and oxygen atoms in total. The number of nitrogens with one attached hydrogen (secondary N) is 1. The number of methoxy groups -OCH3 is 1. The van der Waals surface area contributed by atoms with Gasteiger partial charge in [-0.15, -0.1) is 0 Å². The molecule has 11 heteroatoms. The highest BCUT2D eigenvalue weighted by atomic mass is 16.7. The van der Waals surface area contributed by atoms with Gasteiger partial charge in [-0.2, -0.15) is 0 Å². The Morgan fingerprint density at radius 3 is 2.38 bits per heavy atom. The van der Waals surface area contributed by atoms with Gasteiger partial charge in [-0.1, -0.05) is 52.0 Å². The minimum Gasteiger partial charge on any atom is -0.507 e. The minimum absolute atomic E-state index is 0.0131. The average Bonchev–Trinajstić information content (AvgIpc) is 3.30. The lowest BCUT2D eigenvalue weighted by atomic mass is 9.79. The maximum absolute atomic E-state index is 13.9. The van der Waals surface area contributed by atoms with Crippen LogP contribution in [0.2, 0.25) is 0 Å². The molecule has 2 aromatic carbocycles. The monoisotopic (exact) mass is 665 g/mol. The Balaban J connectivity index is 1.82. The zero-order chi connectivity index (χ0) is 35.7. The van der Waals surface area contributed by atoms with Gasteiger partial charge in [0.25, 0.3) is 11.7 Å². The van der Waals surface area contributed by atoms with Gasteiger partial charge in [0.15, 0.2) is 5.75 Å². The van der Waals surface area contributed by atoms with E-state index in [1.54, 1.807) is 32.1 Å². The van der Waals surface area contributed by atoms with Crippen LogP contribution in [0.1, 0.15) is 70.8 Å². The molecule has 0 spiro atoms. The molecule has 0 aliphatic carbocycles. The van der Waals surface area contributed by atoms with Crippen molar-refractivity contribution in [2.45, 2.75) is 85.9 Å². The molecule has 4 N–H and O–H groups in total. The van der Waals surface area contributed by atoms with Gasteiger partial charge in [-0.25, -0.2) is 0 Å². The Bertz CT molecular complexity index is 1680. The minimum atomic E-state index is -1.83. The van der Waals surface area contributed by atoms with E-state index in [1.165, 1.54) is 39.4 Å². The van der Waals surface area contributed by atoms with Gasteiger partial charge < -0.3 is 39.6 Å². The maximum Gasteiger partial charge on any atom is 0.312 e. The van der Waals surface area contributed by atoms with E-state index in [0.717, 1.165) is 0 Å². The number of carbonyl (C=O) groups excluding carboxylic acids is 3. The van der Waals surface area contributed by atoms with Crippen molar-refractivity contribution in [3.63, 3.8) is 0 Å². The summed E-state index contributed by atoms with van der Waals surface area (Å²) in [4.78, 5) is 39.1. The first kappa shape index (κ1) is 36.5. The molecule has 0 saturated carbocycles. The summed E-state index contributed by atoms with van der Waals surface area (Å²) in [6.45, 7) is 13.6. The summed E-state index contributed by atoms with van der Waals surface area (Å²) in [6.07, 6.45) is 6.63. The molecule has 0 fully saturated rings. The van der Waals surface area contributed by atoms with E-state index in [2.05, 4.69) is 5.32 Å². The smallest absolute Gasteiger partial charge is 0.312 e. The van der Waals surface area contributed by atoms with Gasteiger partial charge in [-0.3, -0.25) is 14.4 Å². The van der Waals surface area contributed by atoms with E-state index in [9.17, 15) is 29.7 Å². The van der Waals surface area contributed by atoms with Crippen LogP contribution in [0.3, 0.4) is 0 Å². The number of hydrogen-bond acceptors (Lipinski definition) is 10. The zero-order valence-corrected chi connectivity index (χ0v) is 29.0. The van der Waals surface area contributed by atoms with Gasteiger partial charge in [0, 0.05) is 49.3 Å². The normalized spacial score (nSPS) is 32.5. The SMILES string of the molecule is CO[C@H]1/C=C/O[C@@]2(C)Oc3c(C)c(O)c4c(O)c(ccc4c3C2=O)NC(=O)/C(C)=C\C=C\[C@H](C)C[C@@H](C)[C@@H](O)[C@@H](C)[C@H](OC(C)=O)[C@@H]1C. The van der Waals surface area contributed by atoms with Crippen LogP contribution in [-0.2, 0) is 23.8 Å². The van der Waals surface area contributed by atoms with Crippen molar-refractivity contribution in [3.8, 4) is 17.2 Å². The largest absolute Gasteiger partial charge is 0.507 e. The molecule has 0 aromatic heterocycles. The number of benzene rings is 2. The number of aromatic hydroxyl groups is 2. The first-order valence-electron chi connectivity index (χ1n) is 16.2. The zero-order valence-electron chi connectivity index (χ0n) is 29.0. The number of phenols is 2. The average molecular weight is 666 g/mol. The fourth-order valence-electron chi connectivity index (χ4n) is 6.63. The van der Waals surface area contributed by atoms with E-state index < -0.39 is 59.3 Å². The number of ether oxygens (including phenoxy) is 4. The number of aliphatic hydroxyl groups is 1. The van der Waals surface area contributed by atoms with Crippen LogP contribution >= 0.6 is 0 Å². The Labute approximate surface area is 281 Å². The van der Waals surface area contributed by atoms with Gasteiger partial charge in [0.2, 0.25) is 0 Å². The van der Waals surface area contributed by atoms with Crippen LogP contribution in [0.4, 0.5) is 5.69 Å². The van der Waals surface area contributed by atoms with Crippen molar-refractivity contribution >= 4 is 34.1 Å². The molecule has 0 radical (unpaired) electrons. The number of rotatable bonds is 2. The fraction of sp³-hybridized carbons (Fsp3) is 0.486. The highest BCUT2D eigenvalue weighted by Gasteiger charge is 2.49. The number of fused-ring (bicyclic) bond motifs is 14. The number of hydrogen-bond donors (Lipinski definition) is 4. The van der Waals surface area contributed by atoms with E-state index in [4.69, 9.17) is 18.9 Å². The number of carbonyl (C=O) groups is 3. The molecule has 5 bridgehead atoms. The molecule has 260 valence electrons. The molecule has 2 aromatic rings. The summed E-state index contributed by atoms with van der Waals surface area (Å²) in [6, 6.07) is 2.98. The topological polar surface area (TPSA) is 161 Å². The van der Waals surface area contributed by atoms with E-state index >= 15 is 0 Å². The van der Waals surface area contributed by atoms with Crippen molar-refractivity contribution in [1.82, 2.24) is 0 Å². The first-order chi connectivity index (χ1) is 22.5. The number of phenolic OH excluding ortho intramolecular Hbond substituents is 2. The van der Waals surface area contributed by atoms with E-state index in [0.29, 0.717) is 12.0 Å². The summed E-state index contributed by atoms with van der Waals surface area (Å²) in [5.74, 6) is -5.00. The van der Waals surface area contributed by atoms with Crippen LogP contribution in [0.25, 0.3) is 10.8 Å². The first-order valence-corrected chi connectivity index (χ1v) is 16.2. The second kappa shape index (κ2) is 14.4. The van der Waals surface area contributed by atoms with Gasteiger partial charge in [-0.05, 0) is 44.2 Å². The molecule has 0 saturated heterocycles. The standard InChI is InChI=1S/C37H47NO10/c1-18-11-10-12-19(2)36(44)38-26-14-13-25-28(32(26)42)31(41)23(6)34-29(25)35(43)37(8,48-34)46-16-15-27(45-9)21(4)33(47-24(7)39)22(5)30(40)20(3)17-18/h10-16,18,20-22,27,30,33,40-42H,17H2,1-9H3,(H,38,44)/b11-10+,16-15+,19-12-/t18-,20+,21+,22+,27-,30+,33+,37-/m0/s1. The quantitative estimate of drug-likeness (QED) is 0.219. The van der Waals surface area contributed by atoms with E-state index in [1.807, 2.05) is 33.8 Å². The van der Waals surface area contributed by atoms with E-state index in [-0.39, 0.29) is 50.9 Å². The molecular weight excluding hydrogens is 618 g/mol. The second-order valence-corrected chi connectivity index (χ2v) is 13.2. The molecule has 8 atom stereocenters. The van der Waals surface area contributed by atoms with Gasteiger partial charge in [0.1, 0.15) is 17.6 Å².